The van der Waals surface area contributed by atoms with E-state index in [0.717, 1.165) is 24.4 Å². The van der Waals surface area contributed by atoms with Gasteiger partial charge in [-0.25, -0.2) is 4.79 Å². The summed E-state index contributed by atoms with van der Waals surface area (Å²) >= 11 is 0.926. The number of nitrogens with zero attached hydrogens (tertiary/aromatic N) is 1. The highest BCUT2D eigenvalue weighted by Crippen LogP contribution is 2.31. The molecule has 0 aromatic carbocycles. The van der Waals surface area contributed by atoms with Gasteiger partial charge in [-0.15, -0.1) is 0 Å². The van der Waals surface area contributed by atoms with Crippen LogP contribution in [0.2, 0.25) is 0 Å². The van der Waals surface area contributed by atoms with E-state index in [1.807, 2.05) is 0 Å². The Morgan fingerprint density at radius 2 is 2.08 bits per heavy atom. The number of rotatable bonds is 1. The van der Waals surface area contributed by atoms with Crippen molar-refractivity contribution in [1.29, 1.82) is 0 Å². The number of hydrogen-bond donors (Lipinski definition) is 0. The maximum absolute atomic E-state index is 10.7. The van der Waals surface area contributed by atoms with E-state index in [9.17, 15) is 4.79 Å². The number of hydrogen-bond acceptors (Lipinski definition) is 4. The summed E-state index contributed by atoms with van der Waals surface area (Å²) in [5.74, 6) is 1.09. The average molecular weight is 185 g/mol. The lowest BCUT2D eigenvalue weighted by Gasteiger charge is -2.17. The van der Waals surface area contributed by atoms with Crippen molar-refractivity contribution in [2.75, 3.05) is 0 Å². The first-order valence-corrected chi connectivity index (χ1v) is 5.10. The molecule has 12 heavy (non-hydrogen) atoms. The van der Waals surface area contributed by atoms with Crippen LogP contribution in [0.25, 0.3) is 0 Å². The number of aromatic nitrogens is 1. The molecule has 3 nitrogen and oxygen atoms in total. The second-order valence-corrected chi connectivity index (χ2v) is 3.91. The quantitative estimate of drug-likeness (QED) is 0.673. The van der Waals surface area contributed by atoms with Gasteiger partial charge in [-0.2, -0.15) is 4.37 Å². The third-order valence-electron chi connectivity index (χ3n) is 2.35. The lowest BCUT2D eigenvalue weighted by molar-refractivity contribution is 0.354. The van der Waals surface area contributed by atoms with Crippen molar-refractivity contribution in [3.05, 3.63) is 15.6 Å². The molecule has 0 radical (unpaired) electrons. The van der Waals surface area contributed by atoms with Gasteiger partial charge in [0.25, 0.3) is 0 Å². The molecule has 1 aliphatic carbocycles. The van der Waals surface area contributed by atoms with Crippen molar-refractivity contribution >= 4 is 11.5 Å². The average Bonchev–Trinajstić information content (AvgIpc) is 2.54. The predicted octanol–water partition coefficient (Wildman–Crippen LogP) is 2.14. The van der Waals surface area contributed by atoms with Gasteiger partial charge < -0.3 is 4.42 Å². The van der Waals surface area contributed by atoms with Crippen molar-refractivity contribution in [1.82, 2.24) is 4.37 Å². The summed E-state index contributed by atoms with van der Waals surface area (Å²) in [5.41, 5.74) is 0. The van der Waals surface area contributed by atoms with Crippen LogP contribution in [0.5, 0.6) is 0 Å². The Balaban J connectivity index is 2.13. The minimum Gasteiger partial charge on any atom is -0.398 e. The van der Waals surface area contributed by atoms with Crippen LogP contribution in [-0.4, -0.2) is 4.37 Å². The van der Waals surface area contributed by atoms with E-state index < -0.39 is 0 Å². The Kier molecular flexibility index (Phi) is 2.26. The zero-order valence-electron chi connectivity index (χ0n) is 6.78. The molecular formula is C8H11NO2S. The molecule has 0 spiro atoms. The molecule has 2 rings (SSSR count). The molecule has 0 N–H and O–H groups in total. The van der Waals surface area contributed by atoms with Crippen LogP contribution >= 0.6 is 11.5 Å². The van der Waals surface area contributed by atoms with Crippen molar-refractivity contribution in [2.45, 2.75) is 38.0 Å². The third kappa shape index (κ3) is 1.58. The van der Waals surface area contributed by atoms with E-state index in [0.29, 0.717) is 11.8 Å². The lowest BCUT2D eigenvalue weighted by Crippen LogP contribution is -2.04. The molecule has 1 aliphatic rings. The van der Waals surface area contributed by atoms with E-state index in [4.69, 9.17) is 4.42 Å². The smallest absolute Gasteiger partial charge is 0.398 e. The predicted molar refractivity (Wildman–Crippen MR) is 46.5 cm³/mol. The summed E-state index contributed by atoms with van der Waals surface area (Å²) < 4.78 is 8.98. The van der Waals surface area contributed by atoms with E-state index in [1.165, 1.54) is 19.3 Å². The summed E-state index contributed by atoms with van der Waals surface area (Å²) in [4.78, 5) is 10.5. The van der Waals surface area contributed by atoms with Crippen LogP contribution in [0.4, 0.5) is 0 Å². The molecule has 0 saturated heterocycles. The molecule has 0 bridgehead atoms. The molecular weight excluding hydrogens is 174 g/mol. The van der Waals surface area contributed by atoms with E-state index >= 15 is 0 Å². The molecule has 0 amide bonds. The highest BCUT2D eigenvalue weighted by Gasteiger charge is 2.20. The fraction of sp³-hybridized carbons (Fsp3) is 0.750. The standard InChI is InChI=1S/C8H11NO2S/c10-8-11-7(9-12-8)6-4-2-1-3-5-6/h6H,1-5H2. The highest BCUT2D eigenvalue weighted by molar-refractivity contribution is 7.02. The van der Waals surface area contributed by atoms with Gasteiger partial charge in [0, 0.05) is 17.5 Å². The normalized spacial score (nSPS) is 19.7. The highest BCUT2D eigenvalue weighted by atomic mass is 32.1. The summed E-state index contributed by atoms with van der Waals surface area (Å²) in [5, 5.41) is 0. The zero-order chi connectivity index (χ0) is 8.39. The first-order valence-electron chi connectivity index (χ1n) is 4.33. The van der Waals surface area contributed by atoms with Gasteiger partial charge in [0.1, 0.15) is 0 Å². The summed E-state index contributed by atoms with van der Waals surface area (Å²) in [6.07, 6.45) is 6.06. The van der Waals surface area contributed by atoms with Gasteiger partial charge in [0.05, 0.1) is 0 Å². The largest absolute Gasteiger partial charge is 0.414 e. The molecule has 1 fully saturated rings. The van der Waals surface area contributed by atoms with Crippen molar-refractivity contribution < 1.29 is 4.42 Å². The Morgan fingerprint density at radius 1 is 1.33 bits per heavy atom. The Morgan fingerprint density at radius 3 is 2.67 bits per heavy atom. The molecule has 0 unspecified atom stereocenters. The second-order valence-electron chi connectivity index (χ2n) is 3.21. The van der Waals surface area contributed by atoms with Crippen LogP contribution in [0.3, 0.4) is 0 Å². The first kappa shape index (κ1) is 7.98. The fourth-order valence-corrected chi connectivity index (χ4v) is 2.19. The van der Waals surface area contributed by atoms with Crippen LogP contribution < -0.4 is 4.94 Å². The second kappa shape index (κ2) is 3.39. The SMILES string of the molecule is O=c1oc(C2CCCCC2)ns1. The van der Waals surface area contributed by atoms with Crippen LogP contribution in [0, 0.1) is 0 Å². The Hall–Kier alpha value is -0.640. The minimum atomic E-state index is -0.268. The van der Waals surface area contributed by atoms with Crippen molar-refractivity contribution in [3.8, 4) is 0 Å². The molecule has 1 aromatic heterocycles. The summed E-state index contributed by atoms with van der Waals surface area (Å²) in [6, 6.07) is 0. The van der Waals surface area contributed by atoms with E-state index in [-0.39, 0.29) is 4.94 Å². The molecule has 1 heterocycles. The van der Waals surface area contributed by atoms with Crippen LogP contribution in [0.1, 0.15) is 43.9 Å². The monoisotopic (exact) mass is 185 g/mol. The molecule has 4 heteroatoms. The van der Waals surface area contributed by atoms with E-state index in [1.54, 1.807) is 0 Å². The fourth-order valence-electron chi connectivity index (χ4n) is 1.71. The van der Waals surface area contributed by atoms with Crippen molar-refractivity contribution in [2.24, 2.45) is 0 Å². The Labute approximate surface area is 74.6 Å². The lowest BCUT2D eigenvalue weighted by atomic mass is 9.89. The molecule has 0 atom stereocenters. The maximum Gasteiger partial charge on any atom is 0.414 e. The van der Waals surface area contributed by atoms with Gasteiger partial charge in [-0.05, 0) is 12.8 Å². The zero-order valence-corrected chi connectivity index (χ0v) is 7.60. The summed E-state index contributed by atoms with van der Waals surface area (Å²) in [6.45, 7) is 0. The third-order valence-corrected chi connectivity index (χ3v) is 2.86. The topological polar surface area (TPSA) is 43.1 Å². The first-order chi connectivity index (χ1) is 5.86. The summed E-state index contributed by atoms with van der Waals surface area (Å²) in [7, 11) is 0. The molecule has 1 saturated carbocycles. The van der Waals surface area contributed by atoms with Gasteiger partial charge in [-0.1, -0.05) is 19.3 Å². The Bertz CT molecular complexity index is 298. The van der Waals surface area contributed by atoms with Crippen molar-refractivity contribution in [3.63, 3.8) is 0 Å². The van der Waals surface area contributed by atoms with Gasteiger partial charge in [0.15, 0.2) is 0 Å². The minimum absolute atomic E-state index is 0.268. The van der Waals surface area contributed by atoms with Crippen LogP contribution in [-0.2, 0) is 0 Å². The van der Waals surface area contributed by atoms with E-state index in [2.05, 4.69) is 4.37 Å². The van der Waals surface area contributed by atoms with Gasteiger partial charge >= 0.3 is 4.94 Å². The molecule has 1 aromatic rings. The van der Waals surface area contributed by atoms with Gasteiger partial charge in [-0.3, -0.25) is 0 Å². The molecule has 0 aliphatic heterocycles. The maximum atomic E-state index is 10.7. The van der Waals surface area contributed by atoms with Gasteiger partial charge in [0.2, 0.25) is 5.89 Å². The van der Waals surface area contributed by atoms with Crippen LogP contribution in [0.15, 0.2) is 9.21 Å². The molecule has 66 valence electrons.